The molecule has 0 bridgehead atoms. The molecule has 2 rings (SSSR count). The zero-order chi connectivity index (χ0) is 19.1. The smallest absolute Gasteiger partial charge is 0.261 e. The summed E-state index contributed by atoms with van der Waals surface area (Å²) in [4.78, 5) is 12.7. The Morgan fingerprint density at radius 2 is 1.81 bits per heavy atom. The standard InChI is InChI=1S/C21H27NO4/c1-6-18(26-19-10-8-7-9-14(19)2)21(23)22-15(3)17-13-16(24-4)11-12-20(17)25-5/h7-13,15,18H,6H2,1-5H3,(H,22,23)/t15-,18+/m0/s1. The van der Waals surface area contributed by atoms with Crippen molar-refractivity contribution in [2.24, 2.45) is 0 Å². The zero-order valence-corrected chi connectivity index (χ0v) is 16.0. The van der Waals surface area contributed by atoms with Crippen LogP contribution < -0.4 is 19.5 Å². The van der Waals surface area contributed by atoms with Crippen LogP contribution in [0.15, 0.2) is 42.5 Å². The van der Waals surface area contributed by atoms with Crippen LogP contribution in [0.2, 0.25) is 0 Å². The van der Waals surface area contributed by atoms with Crippen molar-refractivity contribution in [3.05, 3.63) is 53.6 Å². The third-order valence-corrected chi connectivity index (χ3v) is 4.29. The van der Waals surface area contributed by atoms with Gasteiger partial charge in [-0.15, -0.1) is 0 Å². The van der Waals surface area contributed by atoms with Gasteiger partial charge in [-0.1, -0.05) is 25.1 Å². The van der Waals surface area contributed by atoms with Crippen LogP contribution in [-0.4, -0.2) is 26.2 Å². The van der Waals surface area contributed by atoms with E-state index in [1.807, 2.05) is 63.2 Å². The highest BCUT2D eigenvalue weighted by molar-refractivity contribution is 5.81. The number of hydrogen-bond donors (Lipinski definition) is 1. The molecule has 0 unspecified atom stereocenters. The van der Waals surface area contributed by atoms with E-state index in [4.69, 9.17) is 14.2 Å². The van der Waals surface area contributed by atoms with E-state index in [0.717, 1.165) is 16.9 Å². The Balaban J connectivity index is 2.13. The second kappa shape index (κ2) is 9.13. The number of ether oxygens (including phenoxy) is 3. The molecule has 0 aliphatic heterocycles. The minimum absolute atomic E-state index is 0.159. The molecule has 1 N–H and O–H groups in total. The second-order valence-corrected chi connectivity index (χ2v) is 6.12. The van der Waals surface area contributed by atoms with E-state index in [-0.39, 0.29) is 11.9 Å². The van der Waals surface area contributed by atoms with Crippen LogP contribution in [0.4, 0.5) is 0 Å². The van der Waals surface area contributed by atoms with Crippen molar-refractivity contribution in [2.75, 3.05) is 14.2 Å². The molecule has 0 saturated heterocycles. The summed E-state index contributed by atoms with van der Waals surface area (Å²) in [5.74, 6) is 1.98. The summed E-state index contributed by atoms with van der Waals surface area (Å²) < 4.78 is 16.6. The van der Waals surface area contributed by atoms with Crippen LogP contribution in [0.5, 0.6) is 17.2 Å². The lowest BCUT2D eigenvalue weighted by molar-refractivity contribution is -0.128. The number of methoxy groups -OCH3 is 2. The number of carbonyl (C=O) groups is 1. The van der Waals surface area contributed by atoms with Crippen molar-refractivity contribution in [1.82, 2.24) is 5.32 Å². The van der Waals surface area contributed by atoms with Crippen molar-refractivity contribution >= 4 is 5.91 Å². The average molecular weight is 357 g/mol. The molecule has 140 valence electrons. The molecule has 0 radical (unpaired) electrons. The van der Waals surface area contributed by atoms with Crippen molar-refractivity contribution < 1.29 is 19.0 Å². The van der Waals surface area contributed by atoms with Crippen LogP contribution >= 0.6 is 0 Å². The third kappa shape index (κ3) is 4.69. The number of amides is 1. The molecule has 0 aliphatic rings. The largest absolute Gasteiger partial charge is 0.497 e. The summed E-state index contributed by atoms with van der Waals surface area (Å²) in [5, 5.41) is 3.01. The molecule has 2 atom stereocenters. The third-order valence-electron chi connectivity index (χ3n) is 4.29. The van der Waals surface area contributed by atoms with Gasteiger partial charge in [0, 0.05) is 5.56 Å². The summed E-state index contributed by atoms with van der Waals surface area (Å²) in [6.07, 6.45) is 0.0115. The van der Waals surface area contributed by atoms with Gasteiger partial charge in [0.2, 0.25) is 0 Å². The van der Waals surface area contributed by atoms with E-state index < -0.39 is 6.10 Å². The average Bonchev–Trinajstić information content (AvgIpc) is 2.66. The fourth-order valence-electron chi connectivity index (χ4n) is 2.73. The van der Waals surface area contributed by atoms with E-state index in [0.29, 0.717) is 17.9 Å². The van der Waals surface area contributed by atoms with Crippen molar-refractivity contribution in [1.29, 1.82) is 0 Å². The van der Waals surface area contributed by atoms with Crippen LogP contribution in [0.25, 0.3) is 0 Å². The maximum atomic E-state index is 12.7. The van der Waals surface area contributed by atoms with Gasteiger partial charge >= 0.3 is 0 Å². The monoisotopic (exact) mass is 357 g/mol. The number of hydrogen-bond acceptors (Lipinski definition) is 4. The Morgan fingerprint density at radius 1 is 1.08 bits per heavy atom. The highest BCUT2D eigenvalue weighted by atomic mass is 16.5. The lowest BCUT2D eigenvalue weighted by Gasteiger charge is -2.22. The predicted octanol–water partition coefficient (Wildman–Crippen LogP) is 4.05. The van der Waals surface area contributed by atoms with Crippen LogP contribution in [0, 0.1) is 6.92 Å². The van der Waals surface area contributed by atoms with Crippen LogP contribution in [0.1, 0.15) is 37.4 Å². The first-order valence-corrected chi connectivity index (χ1v) is 8.74. The molecule has 2 aromatic carbocycles. The van der Waals surface area contributed by atoms with Gasteiger partial charge in [0.05, 0.1) is 20.3 Å². The minimum Gasteiger partial charge on any atom is -0.497 e. The van der Waals surface area contributed by atoms with E-state index in [9.17, 15) is 4.79 Å². The van der Waals surface area contributed by atoms with Gasteiger partial charge in [-0.2, -0.15) is 0 Å². The topological polar surface area (TPSA) is 56.8 Å². The van der Waals surface area contributed by atoms with Gasteiger partial charge < -0.3 is 19.5 Å². The Labute approximate surface area is 155 Å². The zero-order valence-electron chi connectivity index (χ0n) is 16.0. The molecule has 2 aromatic rings. The summed E-state index contributed by atoms with van der Waals surface area (Å²) in [6, 6.07) is 13.0. The molecule has 5 heteroatoms. The number of para-hydroxylation sites is 1. The molecule has 0 aromatic heterocycles. The SMILES string of the molecule is CC[C@@H](Oc1ccccc1C)C(=O)N[C@@H](C)c1cc(OC)ccc1OC. The molecular weight excluding hydrogens is 330 g/mol. The number of rotatable bonds is 8. The summed E-state index contributed by atoms with van der Waals surface area (Å²) >= 11 is 0. The Bertz CT molecular complexity index is 745. The van der Waals surface area contributed by atoms with Gasteiger partial charge in [-0.05, 0) is 50.1 Å². The summed E-state index contributed by atoms with van der Waals surface area (Å²) in [7, 11) is 3.22. The lowest BCUT2D eigenvalue weighted by atomic mass is 10.1. The molecule has 1 amide bonds. The van der Waals surface area contributed by atoms with E-state index >= 15 is 0 Å². The number of nitrogens with one attached hydrogen (secondary N) is 1. The number of benzene rings is 2. The van der Waals surface area contributed by atoms with Crippen molar-refractivity contribution in [3.63, 3.8) is 0 Å². The normalized spacial score (nSPS) is 12.8. The van der Waals surface area contributed by atoms with Gasteiger partial charge in [0.25, 0.3) is 5.91 Å². The van der Waals surface area contributed by atoms with Crippen molar-refractivity contribution in [2.45, 2.75) is 39.3 Å². The Morgan fingerprint density at radius 3 is 2.42 bits per heavy atom. The highest BCUT2D eigenvalue weighted by Crippen LogP contribution is 2.29. The molecule has 0 aliphatic carbocycles. The van der Waals surface area contributed by atoms with Gasteiger partial charge in [-0.25, -0.2) is 0 Å². The molecule has 0 spiro atoms. The van der Waals surface area contributed by atoms with Crippen LogP contribution in [0.3, 0.4) is 0 Å². The molecular formula is C21H27NO4. The second-order valence-electron chi connectivity index (χ2n) is 6.12. The fourth-order valence-corrected chi connectivity index (χ4v) is 2.73. The Hall–Kier alpha value is -2.69. The van der Waals surface area contributed by atoms with Crippen LogP contribution in [-0.2, 0) is 4.79 Å². The first-order valence-electron chi connectivity index (χ1n) is 8.74. The van der Waals surface area contributed by atoms with E-state index in [1.54, 1.807) is 14.2 Å². The van der Waals surface area contributed by atoms with E-state index in [2.05, 4.69) is 5.32 Å². The number of carbonyl (C=O) groups excluding carboxylic acids is 1. The minimum atomic E-state index is -0.560. The maximum absolute atomic E-state index is 12.7. The van der Waals surface area contributed by atoms with Gasteiger partial charge in [0.15, 0.2) is 6.10 Å². The molecule has 5 nitrogen and oxygen atoms in total. The first-order chi connectivity index (χ1) is 12.5. The predicted molar refractivity (Wildman–Crippen MR) is 102 cm³/mol. The van der Waals surface area contributed by atoms with Gasteiger partial charge in [0.1, 0.15) is 17.2 Å². The van der Waals surface area contributed by atoms with Crippen molar-refractivity contribution in [3.8, 4) is 17.2 Å². The highest BCUT2D eigenvalue weighted by Gasteiger charge is 2.23. The number of aryl methyl sites for hydroxylation is 1. The summed E-state index contributed by atoms with van der Waals surface area (Å²) in [6.45, 7) is 5.80. The van der Waals surface area contributed by atoms with Gasteiger partial charge in [-0.3, -0.25) is 4.79 Å². The van der Waals surface area contributed by atoms with E-state index in [1.165, 1.54) is 0 Å². The first kappa shape index (κ1) is 19.6. The Kier molecular flexibility index (Phi) is 6.89. The molecule has 0 heterocycles. The quantitative estimate of drug-likeness (QED) is 0.774. The fraction of sp³-hybridized carbons (Fsp3) is 0.381. The maximum Gasteiger partial charge on any atom is 0.261 e. The molecule has 0 fully saturated rings. The lowest BCUT2D eigenvalue weighted by Crippen LogP contribution is -2.39. The molecule has 26 heavy (non-hydrogen) atoms. The summed E-state index contributed by atoms with van der Waals surface area (Å²) in [5.41, 5.74) is 1.85. The molecule has 0 saturated carbocycles.